The molecule has 1 unspecified atom stereocenters. The molecule has 5 nitrogen and oxygen atoms in total. The van der Waals surface area contributed by atoms with Gasteiger partial charge in [0.2, 0.25) is 5.91 Å². The van der Waals surface area contributed by atoms with E-state index in [4.69, 9.17) is 9.47 Å². The topological polar surface area (TPSA) is 59.6 Å². The van der Waals surface area contributed by atoms with Crippen molar-refractivity contribution in [2.24, 2.45) is 0 Å². The van der Waals surface area contributed by atoms with Crippen LogP contribution in [0, 0.1) is 0 Å². The molecule has 2 N–H and O–H groups in total. The molecule has 0 bridgehead atoms. The van der Waals surface area contributed by atoms with Crippen LogP contribution in [0.15, 0.2) is 16.6 Å². The van der Waals surface area contributed by atoms with Gasteiger partial charge in [-0.3, -0.25) is 4.79 Å². The molecular formula is C13H15BrN2O3S. The largest absolute Gasteiger partial charge is 0.486 e. The number of nitrogens with one attached hydrogen (secondary N) is 2. The fraction of sp³-hybridized carbons (Fsp3) is 0.462. The third-order valence-corrected chi connectivity index (χ3v) is 4.85. The van der Waals surface area contributed by atoms with Crippen molar-refractivity contribution in [2.45, 2.75) is 6.04 Å². The number of anilines is 1. The average molecular weight is 359 g/mol. The summed E-state index contributed by atoms with van der Waals surface area (Å²) in [5.41, 5.74) is 0.705. The van der Waals surface area contributed by atoms with Gasteiger partial charge in [-0.1, -0.05) is 0 Å². The fourth-order valence-corrected chi connectivity index (χ4v) is 3.47. The van der Waals surface area contributed by atoms with Crippen LogP contribution < -0.4 is 20.1 Å². The fourth-order valence-electron chi connectivity index (χ4n) is 2.11. The maximum absolute atomic E-state index is 12.2. The zero-order valence-electron chi connectivity index (χ0n) is 10.8. The number of rotatable bonds is 2. The Kier molecular flexibility index (Phi) is 4.38. The molecule has 0 aliphatic carbocycles. The van der Waals surface area contributed by atoms with E-state index < -0.39 is 0 Å². The predicted octanol–water partition coefficient (Wildman–Crippen LogP) is 1.86. The molecule has 1 fully saturated rings. The first-order chi connectivity index (χ1) is 9.74. The molecule has 0 spiro atoms. The number of hydrogen-bond acceptors (Lipinski definition) is 5. The third-order valence-electron chi connectivity index (χ3n) is 3.13. The Labute approximate surface area is 129 Å². The van der Waals surface area contributed by atoms with Gasteiger partial charge in [-0.05, 0) is 15.9 Å². The van der Waals surface area contributed by atoms with Gasteiger partial charge in [-0.15, -0.1) is 0 Å². The summed E-state index contributed by atoms with van der Waals surface area (Å²) in [4.78, 5) is 12.2. The van der Waals surface area contributed by atoms with Crippen LogP contribution in [0.25, 0.3) is 0 Å². The van der Waals surface area contributed by atoms with Gasteiger partial charge in [0.1, 0.15) is 13.2 Å². The standard InChI is InChI=1S/C13H15BrN2O3S/c14-8-5-11-12(19-3-2-18-11)6-9(8)16-13(17)10-7-20-4-1-15-10/h5-6,10,15H,1-4,7H2,(H,16,17). The van der Waals surface area contributed by atoms with E-state index in [0.717, 1.165) is 22.5 Å². The Morgan fingerprint density at radius 1 is 1.35 bits per heavy atom. The maximum Gasteiger partial charge on any atom is 0.242 e. The second kappa shape index (κ2) is 6.24. The summed E-state index contributed by atoms with van der Waals surface area (Å²) in [7, 11) is 0. The van der Waals surface area contributed by atoms with Gasteiger partial charge in [0, 0.05) is 34.7 Å². The van der Waals surface area contributed by atoms with E-state index in [1.54, 1.807) is 17.8 Å². The molecule has 1 saturated heterocycles. The first-order valence-corrected chi connectivity index (χ1v) is 8.40. The smallest absolute Gasteiger partial charge is 0.242 e. The molecule has 1 amide bonds. The first-order valence-electron chi connectivity index (χ1n) is 6.45. The van der Waals surface area contributed by atoms with E-state index in [1.165, 1.54) is 0 Å². The summed E-state index contributed by atoms with van der Waals surface area (Å²) in [6.07, 6.45) is 0. The van der Waals surface area contributed by atoms with E-state index in [2.05, 4.69) is 26.6 Å². The summed E-state index contributed by atoms with van der Waals surface area (Å²) in [6, 6.07) is 3.48. The molecule has 3 rings (SSSR count). The summed E-state index contributed by atoms with van der Waals surface area (Å²) >= 11 is 5.24. The van der Waals surface area contributed by atoms with Gasteiger partial charge >= 0.3 is 0 Å². The summed E-state index contributed by atoms with van der Waals surface area (Å²) in [6.45, 7) is 1.95. The predicted molar refractivity (Wildman–Crippen MR) is 82.9 cm³/mol. The number of carbonyl (C=O) groups excluding carboxylic acids is 1. The molecule has 2 aliphatic heterocycles. The van der Waals surface area contributed by atoms with Crippen molar-refractivity contribution >= 4 is 39.3 Å². The van der Waals surface area contributed by atoms with Gasteiger partial charge in [0.05, 0.1) is 11.7 Å². The van der Waals surface area contributed by atoms with Crippen molar-refractivity contribution in [2.75, 3.05) is 36.6 Å². The first kappa shape index (κ1) is 14.0. The van der Waals surface area contributed by atoms with Crippen LogP contribution in [0.1, 0.15) is 0 Å². The van der Waals surface area contributed by atoms with Gasteiger partial charge in [0.15, 0.2) is 11.5 Å². The molecule has 2 heterocycles. The Bertz CT molecular complexity index is 521. The minimum absolute atomic E-state index is 0.0189. The molecule has 20 heavy (non-hydrogen) atoms. The lowest BCUT2D eigenvalue weighted by molar-refractivity contribution is -0.117. The molecule has 0 radical (unpaired) electrons. The second-order valence-electron chi connectivity index (χ2n) is 4.55. The third kappa shape index (κ3) is 3.05. The molecule has 0 aromatic heterocycles. The van der Waals surface area contributed by atoms with E-state index in [9.17, 15) is 4.79 Å². The van der Waals surface area contributed by atoms with Crippen LogP contribution >= 0.6 is 27.7 Å². The van der Waals surface area contributed by atoms with Gasteiger partial charge in [-0.25, -0.2) is 0 Å². The second-order valence-corrected chi connectivity index (χ2v) is 6.55. The lowest BCUT2D eigenvalue weighted by atomic mass is 10.2. The molecule has 7 heteroatoms. The van der Waals surface area contributed by atoms with E-state index in [0.29, 0.717) is 30.4 Å². The van der Waals surface area contributed by atoms with Crippen molar-refractivity contribution < 1.29 is 14.3 Å². The maximum atomic E-state index is 12.2. The van der Waals surface area contributed by atoms with Crippen LogP contribution in [0.5, 0.6) is 11.5 Å². The van der Waals surface area contributed by atoms with Crippen molar-refractivity contribution in [3.8, 4) is 11.5 Å². The number of fused-ring (bicyclic) bond motifs is 1. The van der Waals surface area contributed by atoms with Gasteiger partial charge in [-0.2, -0.15) is 11.8 Å². The molecule has 0 saturated carbocycles. The number of amides is 1. The van der Waals surface area contributed by atoms with Crippen molar-refractivity contribution in [3.63, 3.8) is 0 Å². The van der Waals surface area contributed by atoms with Crippen LogP contribution in [-0.2, 0) is 4.79 Å². The molecule has 2 aliphatic rings. The molecular weight excluding hydrogens is 344 g/mol. The van der Waals surface area contributed by atoms with Crippen LogP contribution in [0.2, 0.25) is 0 Å². The van der Waals surface area contributed by atoms with Crippen LogP contribution in [0.3, 0.4) is 0 Å². The van der Waals surface area contributed by atoms with E-state index >= 15 is 0 Å². The van der Waals surface area contributed by atoms with E-state index in [1.807, 2.05) is 6.07 Å². The summed E-state index contributed by atoms with van der Waals surface area (Å²) in [5, 5.41) is 6.15. The average Bonchev–Trinajstić information content (AvgIpc) is 2.49. The molecule has 1 atom stereocenters. The lowest BCUT2D eigenvalue weighted by Gasteiger charge is -2.23. The lowest BCUT2D eigenvalue weighted by Crippen LogP contribution is -2.46. The SMILES string of the molecule is O=C(Nc1cc2c(cc1Br)OCCO2)C1CSCCN1. The Morgan fingerprint density at radius 2 is 2.10 bits per heavy atom. The highest BCUT2D eigenvalue weighted by atomic mass is 79.9. The number of hydrogen-bond donors (Lipinski definition) is 2. The summed E-state index contributed by atoms with van der Waals surface area (Å²) in [5.74, 6) is 3.20. The molecule has 1 aromatic rings. The monoisotopic (exact) mass is 358 g/mol. The highest BCUT2D eigenvalue weighted by Gasteiger charge is 2.22. The van der Waals surface area contributed by atoms with Crippen molar-refractivity contribution in [3.05, 3.63) is 16.6 Å². The van der Waals surface area contributed by atoms with Crippen molar-refractivity contribution in [1.82, 2.24) is 5.32 Å². The number of benzene rings is 1. The minimum atomic E-state index is -0.145. The van der Waals surface area contributed by atoms with Crippen LogP contribution in [-0.4, -0.2) is 43.2 Å². The van der Waals surface area contributed by atoms with Crippen molar-refractivity contribution in [1.29, 1.82) is 0 Å². The number of ether oxygens (including phenoxy) is 2. The quantitative estimate of drug-likeness (QED) is 0.844. The number of carbonyl (C=O) groups is 1. The Morgan fingerprint density at radius 3 is 2.80 bits per heavy atom. The zero-order valence-corrected chi connectivity index (χ0v) is 13.2. The normalized spacial score (nSPS) is 21.4. The highest BCUT2D eigenvalue weighted by molar-refractivity contribution is 9.10. The van der Waals surface area contributed by atoms with Gasteiger partial charge < -0.3 is 20.1 Å². The number of thioether (sulfide) groups is 1. The van der Waals surface area contributed by atoms with Gasteiger partial charge in [0.25, 0.3) is 0 Å². The van der Waals surface area contributed by atoms with E-state index in [-0.39, 0.29) is 11.9 Å². The Hall–Kier alpha value is -0.920. The Balaban J connectivity index is 1.74. The molecule has 108 valence electrons. The highest BCUT2D eigenvalue weighted by Crippen LogP contribution is 2.38. The number of halogens is 1. The minimum Gasteiger partial charge on any atom is -0.486 e. The summed E-state index contributed by atoms with van der Waals surface area (Å²) < 4.78 is 11.8. The molecule has 1 aromatic carbocycles. The zero-order chi connectivity index (χ0) is 13.9. The van der Waals surface area contributed by atoms with Crippen LogP contribution in [0.4, 0.5) is 5.69 Å².